The molecule has 0 fully saturated rings. The minimum Gasteiger partial charge on any atom is -0.487 e. The number of nitrogens with two attached hydrogens (primary N) is 1. The van der Waals surface area contributed by atoms with Crippen LogP contribution in [-0.4, -0.2) is 24.1 Å². The normalized spacial score (nSPS) is 14.5. The van der Waals surface area contributed by atoms with Gasteiger partial charge in [0.15, 0.2) is 11.5 Å². The van der Waals surface area contributed by atoms with Crippen LogP contribution >= 0.6 is 12.4 Å². The van der Waals surface area contributed by atoms with Gasteiger partial charge in [-0.1, -0.05) is 24.3 Å². The zero-order valence-corrected chi connectivity index (χ0v) is 16.5. The SMILES string of the molecule is CC(=O)Oc1c2c(c3ccccc3c1OC(=O)CCN)OC(C)(C)CC2.Cl. The quantitative estimate of drug-likeness (QED) is 0.631. The number of rotatable bonds is 4. The topological polar surface area (TPSA) is 87.9 Å². The number of benzene rings is 2. The van der Waals surface area contributed by atoms with Crippen molar-refractivity contribution < 1.29 is 23.8 Å². The van der Waals surface area contributed by atoms with Crippen molar-refractivity contribution in [3.63, 3.8) is 0 Å². The fraction of sp³-hybridized carbons (Fsp3) is 0.400. The van der Waals surface area contributed by atoms with Crippen LogP contribution in [0.4, 0.5) is 0 Å². The lowest BCUT2D eigenvalue weighted by Crippen LogP contribution is -2.33. The van der Waals surface area contributed by atoms with Crippen LogP contribution in [0.3, 0.4) is 0 Å². The Morgan fingerprint density at radius 1 is 1.15 bits per heavy atom. The van der Waals surface area contributed by atoms with Gasteiger partial charge in [0, 0.05) is 29.8 Å². The van der Waals surface area contributed by atoms with Gasteiger partial charge in [0.1, 0.15) is 11.4 Å². The van der Waals surface area contributed by atoms with Crippen LogP contribution in [0, 0.1) is 0 Å². The Morgan fingerprint density at radius 3 is 2.44 bits per heavy atom. The van der Waals surface area contributed by atoms with Crippen molar-refractivity contribution in [3.05, 3.63) is 29.8 Å². The lowest BCUT2D eigenvalue weighted by atomic mass is 9.91. The molecule has 2 aromatic carbocycles. The molecule has 0 radical (unpaired) electrons. The summed E-state index contributed by atoms with van der Waals surface area (Å²) in [7, 11) is 0. The van der Waals surface area contributed by atoms with E-state index in [2.05, 4.69) is 0 Å². The van der Waals surface area contributed by atoms with Crippen molar-refractivity contribution in [2.24, 2.45) is 5.73 Å². The Balaban J connectivity index is 0.00000261. The smallest absolute Gasteiger partial charge is 0.312 e. The van der Waals surface area contributed by atoms with Crippen LogP contribution in [0.1, 0.15) is 39.2 Å². The molecular formula is C20H24ClNO5. The first kappa shape index (κ1) is 21.0. The van der Waals surface area contributed by atoms with Crippen molar-refractivity contribution in [1.82, 2.24) is 0 Å². The van der Waals surface area contributed by atoms with Crippen LogP contribution in [0.5, 0.6) is 17.2 Å². The van der Waals surface area contributed by atoms with E-state index in [0.29, 0.717) is 17.6 Å². The summed E-state index contributed by atoms with van der Waals surface area (Å²) in [6.45, 7) is 5.54. The molecule has 0 aromatic heterocycles. The van der Waals surface area contributed by atoms with E-state index >= 15 is 0 Å². The Kier molecular flexibility index (Phi) is 6.34. The third kappa shape index (κ3) is 4.34. The van der Waals surface area contributed by atoms with E-state index in [0.717, 1.165) is 17.4 Å². The highest BCUT2D eigenvalue weighted by Crippen LogP contribution is 2.50. The molecule has 2 N–H and O–H groups in total. The van der Waals surface area contributed by atoms with E-state index < -0.39 is 11.9 Å². The summed E-state index contributed by atoms with van der Waals surface area (Å²) in [6.07, 6.45) is 1.48. The van der Waals surface area contributed by atoms with Gasteiger partial charge in [0.2, 0.25) is 0 Å². The minimum atomic E-state index is -0.483. The van der Waals surface area contributed by atoms with Gasteiger partial charge >= 0.3 is 11.9 Å². The molecule has 0 spiro atoms. The van der Waals surface area contributed by atoms with E-state index in [9.17, 15) is 9.59 Å². The van der Waals surface area contributed by atoms with E-state index in [1.807, 2.05) is 38.1 Å². The highest BCUT2D eigenvalue weighted by Gasteiger charge is 2.33. The number of carbonyl (C=O) groups excluding carboxylic acids is 2. The van der Waals surface area contributed by atoms with Crippen LogP contribution in [0.2, 0.25) is 0 Å². The average Bonchev–Trinajstić information content (AvgIpc) is 2.57. The Morgan fingerprint density at radius 2 is 1.81 bits per heavy atom. The summed E-state index contributed by atoms with van der Waals surface area (Å²) in [6, 6.07) is 7.46. The fourth-order valence-corrected chi connectivity index (χ4v) is 3.14. The molecule has 1 aliphatic heterocycles. The first-order chi connectivity index (χ1) is 12.3. The second kappa shape index (κ2) is 8.15. The fourth-order valence-electron chi connectivity index (χ4n) is 3.14. The van der Waals surface area contributed by atoms with Crippen molar-refractivity contribution in [2.75, 3.05) is 6.54 Å². The molecule has 27 heavy (non-hydrogen) atoms. The predicted octanol–water partition coefficient (Wildman–Crippen LogP) is 3.54. The summed E-state index contributed by atoms with van der Waals surface area (Å²) in [5.41, 5.74) is 5.86. The predicted molar refractivity (Wildman–Crippen MR) is 105 cm³/mol. The summed E-state index contributed by atoms with van der Waals surface area (Å²) >= 11 is 0. The summed E-state index contributed by atoms with van der Waals surface area (Å²) in [5, 5.41) is 1.48. The Labute approximate surface area is 164 Å². The molecule has 6 nitrogen and oxygen atoms in total. The third-order valence-electron chi connectivity index (χ3n) is 4.34. The molecule has 0 amide bonds. The summed E-state index contributed by atoms with van der Waals surface area (Å²) < 4.78 is 17.2. The molecule has 0 saturated carbocycles. The van der Waals surface area contributed by atoms with Gasteiger partial charge in [-0.15, -0.1) is 12.4 Å². The van der Waals surface area contributed by atoms with Crippen LogP contribution < -0.4 is 19.9 Å². The van der Waals surface area contributed by atoms with E-state index in [-0.39, 0.29) is 42.5 Å². The van der Waals surface area contributed by atoms with E-state index in [1.165, 1.54) is 6.92 Å². The second-order valence-electron chi connectivity index (χ2n) is 6.98. The highest BCUT2D eigenvalue weighted by atomic mass is 35.5. The largest absolute Gasteiger partial charge is 0.487 e. The van der Waals surface area contributed by atoms with Gasteiger partial charge in [-0.2, -0.15) is 0 Å². The number of halogens is 1. The molecule has 1 aliphatic rings. The minimum absolute atomic E-state index is 0. The van der Waals surface area contributed by atoms with Crippen molar-refractivity contribution in [3.8, 4) is 17.2 Å². The number of ether oxygens (including phenoxy) is 3. The molecule has 2 aromatic rings. The summed E-state index contributed by atoms with van der Waals surface area (Å²) in [5.74, 6) is 0.224. The van der Waals surface area contributed by atoms with Gasteiger partial charge in [-0.3, -0.25) is 9.59 Å². The maximum Gasteiger partial charge on any atom is 0.312 e. The first-order valence-electron chi connectivity index (χ1n) is 8.68. The molecule has 1 heterocycles. The molecular weight excluding hydrogens is 370 g/mol. The second-order valence-corrected chi connectivity index (χ2v) is 6.98. The van der Waals surface area contributed by atoms with Crippen LogP contribution in [0.15, 0.2) is 24.3 Å². The standard InChI is InChI=1S/C20H23NO5.ClH/c1-12(22)24-19-15-8-10-20(2,3)26-17(15)13-6-4-5-7-14(13)18(19)25-16(23)9-11-21;/h4-7H,8-11,21H2,1-3H3;1H. The van der Waals surface area contributed by atoms with Gasteiger partial charge in [-0.25, -0.2) is 0 Å². The number of hydrogen-bond donors (Lipinski definition) is 1. The molecule has 0 unspecified atom stereocenters. The van der Waals surface area contributed by atoms with Gasteiger partial charge in [-0.05, 0) is 26.7 Å². The molecule has 0 aliphatic carbocycles. The third-order valence-corrected chi connectivity index (χ3v) is 4.34. The van der Waals surface area contributed by atoms with E-state index in [4.69, 9.17) is 19.9 Å². The van der Waals surface area contributed by atoms with Gasteiger partial charge < -0.3 is 19.9 Å². The monoisotopic (exact) mass is 393 g/mol. The molecule has 146 valence electrons. The maximum atomic E-state index is 12.1. The van der Waals surface area contributed by atoms with Gasteiger partial charge in [0.05, 0.1) is 6.42 Å². The van der Waals surface area contributed by atoms with Crippen LogP contribution in [0.25, 0.3) is 10.8 Å². The zero-order chi connectivity index (χ0) is 18.9. The molecule has 0 atom stereocenters. The summed E-state index contributed by atoms with van der Waals surface area (Å²) in [4.78, 5) is 23.8. The van der Waals surface area contributed by atoms with Crippen LogP contribution in [-0.2, 0) is 16.0 Å². The number of hydrogen-bond acceptors (Lipinski definition) is 6. The molecule has 7 heteroatoms. The number of carbonyl (C=O) groups is 2. The molecule has 3 rings (SSSR count). The number of esters is 2. The van der Waals surface area contributed by atoms with Crippen molar-refractivity contribution in [1.29, 1.82) is 0 Å². The molecule has 0 bridgehead atoms. The Hall–Kier alpha value is -2.31. The van der Waals surface area contributed by atoms with Gasteiger partial charge in [0.25, 0.3) is 0 Å². The Bertz CT molecular complexity index is 878. The van der Waals surface area contributed by atoms with E-state index in [1.54, 1.807) is 0 Å². The highest BCUT2D eigenvalue weighted by molar-refractivity contribution is 5.99. The molecule has 0 saturated heterocycles. The lowest BCUT2D eigenvalue weighted by molar-refractivity contribution is -0.136. The average molecular weight is 394 g/mol. The lowest BCUT2D eigenvalue weighted by Gasteiger charge is -2.34. The number of fused-ring (bicyclic) bond motifs is 3. The van der Waals surface area contributed by atoms with Crippen molar-refractivity contribution >= 4 is 35.1 Å². The van der Waals surface area contributed by atoms with Crippen molar-refractivity contribution in [2.45, 2.75) is 45.6 Å². The maximum absolute atomic E-state index is 12.1. The first-order valence-corrected chi connectivity index (χ1v) is 8.68. The zero-order valence-electron chi connectivity index (χ0n) is 15.7.